The van der Waals surface area contributed by atoms with E-state index in [-0.39, 0.29) is 0 Å². The summed E-state index contributed by atoms with van der Waals surface area (Å²) in [6.45, 7) is 4.15. The molecule has 1 N–H and O–H groups in total. The predicted octanol–water partition coefficient (Wildman–Crippen LogP) is 5.77. The first-order valence-electron chi connectivity index (χ1n) is 8.55. The average molecular weight is 266 g/mol. The molecular weight excluding hydrogens is 232 g/mol. The van der Waals surface area contributed by atoms with Crippen molar-refractivity contribution in [3.63, 3.8) is 0 Å². The fraction of sp³-hybridized carbons (Fsp3) is 0.889. The first-order valence-corrected chi connectivity index (χ1v) is 8.55. The van der Waals surface area contributed by atoms with Gasteiger partial charge in [-0.25, -0.2) is 0 Å². The molecule has 0 spiro atoms. The van der Waals surface area contributed by atoms with Gasteiger partial charge in [0.2, 0.25) is 0 Å². The van der Waals surface area contributed by atoms with Crippen molar-refractivity contribution in [3.05, 3.63) is 11.6 Å². The molecule has 0 saturated heterocycles. The van der Waals surface area contributed by atoms with Crippen LogP contribution in [0.5, 0.6) is 0 Å². The van der Waals surface area contributed by atoms with Crippen molar-refractivity contribution in [2.45, 2.75) is 103 Å². The molecule has 1 heteroatoms. The Balaban J connectivity index is 2.49. The molecule has 1 aliphatic carbocycles. The van der Waals surface area contributed by atoms with Gasteiger partial charge in [-0.3, -0.25) is 0 Å². The monoisotopic (exact) mass is 266 g/mol. The molecule has 0 heterocycles. The largest absolute Gasteiger partial charge is 0.386 e. The van der Waals surface area contributed by atoms with E-state index in [1.165, 1.54) is 76.2 Å². The van der Waals surface area contributed by atoms with Crippen LogP contribution in [0.4, 0.5) is 0 Å². The van der Waals surface area contributed by atoms with Gasteiger partial charge in [0.1, 0.15) is 0 Å². The zero-order valence-corrected chi connectivity index (χ0v) is 13.2. The van der Waals surface area contributed by atoms with Gasteiger partial charge in [-0.15, -0.1) is 0 Å². The summed E-state index contributed by atoms with van der Waals surface area (Å²) >= 11 is 0. The molecule has 0 bridgehead atoms. The van der Waals surface area contributed by atoms with Gasteiger partial charge in [0.25, 0.3) is 0 Å². The Kier molecular flexibility index (Phi) is 8.45. The third kappa shape index (κ3) is 6.61. The molecule has 0 aromatic rings. The average Bonchev–Trinajstić information content (AvgIpc) is 2.42. The van der Waals surface area contributed by atoms with Crippen LogP contribution in [0.25, 0.3) is 0 Å². The summed E-state index contributed by atoms with van der Waals surface area (Å²) in [6, 6.07) is 0. The second-order valence-corrected chi connectivity index (χ2v) is 6.39. The highest BCUT2D eigenvalue weighted by atomic mass is 16.3. The summed E-state index contributed by atoms with van der Waals surface area (Å²) in [4.78, 5) is 0. The molecule has 1 fully saturated rings. The van der Waals surface area contributed by atoms with Gasteiger partial charge < -0.3 is 5.11 Å². The fourth-order valence-electron chi connectivity index (χ4n) is 3.21. The van der Waals surface area contributed by atoms with Crippen molar-refractivity contribution < 1.29 is 5.11 Å². The van der Waals surface area contributed by atoms with E-state index in [1.807, 2.05) is 0 Å². The van der Waals surface area contributed by atoms with E-state index in [0.717, 1.165) is 12.8 Å². The van der Waals surface area contributed by atoms with E-state index >= 15 is 0 Å². The summed E-state index contributed by atoms with van der Waals surface area (Å²) in [5, 5.41) is 10.9. The normalized spacial score (nSPS) is 24.7. The van der Waals surface area contributed by atoms with Crippen molar-refractivity contribution in [1.82, 2.24) is 0 Å². The molecule has 0 atom stereocenters. The Morgan fingerprint density at radius 2 is 1.05 bits per heavy atom. The Morgan fingerprint density at radius 3 is 1.37 bits per heavy atom. The van der Waals surface area contributed by atoms with Crippen LogP contribution < -0.4 is 0 Å². The van der Waals surface area contributed by atoms with Crippen molar-refractivity contribution in [2.75, 3.05) is 0 Å². The molecule has 0 unspecified atom stereocenters. The van der Waals surface area contributed by atoms with E-state index in [9.17, 15) is 5.11 Å². The molecule has 1 saturated carbocycles. The Morgan fingerprint density at radius 1 is 0.737 bits per heavy atom. The second-order valence-electron chi connectivity index (χ2n) is 6.39. The molecule has 112 valence electrons. The van der Waals surface area contributed by atoms with Crippen LogP contribution in [-0.2, 0) is 0 Å². The van der Waals surface area contributed by atoms with Gasteiger partial charge >= 0.3 is 0 Å². The maximum atomic E-state index is 10.9. The molecule has 19 heavy (non-hydrogen) atoms. The van der Waals surface area contributed by atoms with Crippen LogP contribution in [-0.4, -0.2) is 10.7 Å². The third-order valence-corrected chi connectivity index (χ3v) is 4.85. The van der Waals surface area contributed by atoms with E-state index in [1.54, 1.807) is 0 Å². The molecule has 0 aliphatic heterocycles. The first-order chi connectivity index (χ1) is 9.19. The van der Waals surface area contributed by atoms with Gasteiger partial charge in [-0.05, 0) is 32.3 Å². The highest BCUT2D eigenvalue weighted by Crippen LogP contribution is 2.30. The Labute approximate surface area is 120 Å². The van der Waals surface area contributed by atoms with E-state index in [2.05, 4.69) is 19.9 Å². The zero-order valence-electron chi connectivity index (χ0n) is 13.2. The molecule has 0 aromatic carbocycles. The standard InChI is InChI=1S/C18H34O/c1-3-17(2)18(19)15-13-11-9-7-5-4-6-8-10-12-14-16-18/h3,19H,4-16H2,1-2H3/b17-3+. The highest BCUT2D eigenvalue weighted by molar-refractivity contribution is 5.12. The topological polar surface area (TPSA) is 20.2 Å². The molecule has 0 aromatic heterocycles. The van der Waals surface area contributed by atoms with Gasteiger partial charge in [0.15, 0.2) is 0 Å². The van der Waals surface area contributed by atoms with Gasteiger partial charge in [-0.1, -0.05) is 76.7 Å². The van der Waals surface area contributed by atoms with Crippen LogP contribution in [0.15, 0.2) is 11.6 Å². The van der Waals surface area contributed by atoms with Gasteiger partial charge in [0.05, 0.1) is 5.60 Å². The summed E-state index contributed by atoms with van der Waals surface area (Å²) < 4.78 is 0. The third-order valence-electron chi connectivity index (χ3n) is 4.85. The number of allylic oxidation sites excluding steroid dienone is 1. The highest BCUT2D eigenvalue weighted by Gasteiger charge is 2.27. The van der Waals surface area contributed by atoms with E-state index in [0.29, 0.717) is 0 Å². The minimum atomic E-state index is -0.515. The van der Waals surface area contributed by atoms with Crippen LogP contribution in [0, 0.1) is 0 Å². The fourth-order valence-corrected chi connectivity index (χ4v) is 3.21. The molecule has 0 radical (unpaired) electrons. The number of hydrogen-bond donors (Lipinski definition) is 1. The zero-order chi connectivity index (χ0) is 14.0. The molecule has 1 rings (SSSR count). The minimum Gasteiger partial charge on any atom is -0.386 e. The summed E-state index contributed by atoms with van der Waals surface area (Å²) in [6.07, 6.45) is 18.7. The smallest absolute Gasteiger partial charge is 0.0854 e. The Bertz CT molecular complexity index is 240. The summed E-state index contributed by atoms with van der Waals surface area (Å²) in [7, 11) is 0. The number of aliphatic hydroxyl groups is 1. The molecular formula is C18H34O. The maximum absolute atomic E-state index is 10.9. The van der Waals surface area contributed by atoms with Crippen molar-refractivity contribution in [1.29, 1.82) is 0 Å². The molecule has 1 aliphatic rings. The number of rotatable bonds is 1. The van der Waals surface area contributed by atoms with Crippen LogP contribution >= 0.6 is 0 Å². The lowest BCUT2D eigenvalue weighted by molar-refractivity contribution is 0.0539. The van der Waals surface area contributed by atoms with Gasteiger partial charge in [0, 0.05) is 0 Å². The Hall–Kier alpha value is -0.300. The maximum Gasteiger partial charge on any atom is 0.0854 e. The molecule has 0 amide bonds. The predicted molar refractivity (Wildman–Crippen MR) is 84.4 cm³/mol. The molecule has 1 nitrogen and oxygen atoms in total. The first kappa shape index (κ1) is 16.8. The lowest BCUT2D eigenvalue weighted by Crippen LogP contribution is -2.30. The lowest BCUT2D eigenvalue weighted by Gasteiger charge is -2.30. The van der Waals surface area contributed by atoms with Crippen LogP contribution in [0.3, 0.4) is 0 Å². The van der Waals surface area contributed by atoms with Crippen LogP contribution in [0.1, 0.15) is 97.3 Å². The van der Waals surface area contributed by atoms with Crippen LogP contribution in [0.2, 0.25) is 0 Å². The summed E-state index contributed by atoms with van der Waals surface area (Å²) in [5.41, 5.74) is 0.665. The van der Waals surface area contributed by atoms with Gasteiger partial charge in [-0.2, -0.15) is 0 Å². The quantitative estimate of drug-likeness (QED) is 0.597. The van der Waals surface area contributed by atoms with E-state index < -0.39 is 5.60 Å². The van der Waals surface area contributed by atoms with E-state index in [4.69, 9.17) is 0 Å². The number of hydrogen-bond acceptors (Lipinski definition) is 1. The minimum absolute atomic E-state index is 0.515. The van der Waals surface area contributed by atoms with Crippen molar-refractivity contribution in [3.8, 4) is 0 Å². The SMILES string of the molecule is C/C=C(\C)C1(O)CCCCCCCCCCCCC1. The van der Waals surface area contributed by atoms with Crippen molar-refractivity contribution in [2.24, 2.45) is 0 Å². The summed E-state index contributed by atoms with van der Waals surface area (Å²) in [5.74, 6) is 0. The van der Waals surface area contributed by atoms with Crippen molar-refractivity contribution >= 4 is 0 Å². The lowest BCUT2D eigenvalue weighted by atomic mass is 9.83. The second kappa shape index (κ2) is 9.58.